The topological polar surface area (TPSA) is 132 Å². The molecule has 0 aromatic heterocycles. The van der Waals surface area contributed by atoms with Gasteiger partial charge < -0.3 is 38.7 Å². The van der Waals surface area contributed by atoms with E-state index in [0.29, 0.717) is 37.5 Å². The Morgan fingerprint density at radius 1 is 1.02 bits per heavy atom. The normalized spacial score (nSPS) is 26.8. The van der Waals surface area contributed by atoms with E-state index in [2.05, 4.69) is 41.8 Å². The molecule has 7 unspecified atom stereocenters. The standard InChI is InChI=1S/C50H64ClN3O9/c1-2-27-61-50-45(54(49(57)60-29-21-51)34-37-15-11-14-35-12-3-4-16-39(35)37)33-43(52-63-46-18-7-10-28-59-46)41-31-36(13-5-8-25-55)40(17-6-9-26-56)47(48(41)50)42-32-38(19-20-44(42)62-50)58-30-24-53-22-23-53/h2-4,11-12,14-16,19-20,31-32,36,40,45-48,55-56H,1,5-10,13,17-18,21-30,33-34H2. The SMILES string of the molecule is C=CCOC12Oc3ccc(OCCN4CC4)cc3C3C(CCCCO)C(CCCCO)C=C(C(=NOC4CCCCO4)CC1N(Cc1cccc4ccccc14)C(=O)OCCCl)C32. The second-order valence-corrected chi connectivity index (χ2v) is 17.8. The van der Waals surface area contributed by atoms with Crippen LogP contribution in [0.5, 0.6) is 11.5 Å². The largest absolute Gasteiger partial charge is 0.492 e. The zero-order valence-corrected chi connectivity index (χ0v) is 37.2. The first-order valence-corrected chi connectivity index (χ1v) is 23.7. The highest BCUT2D eigenvalue weighted by atomic mass is 35.5. The van der Waals surface area contributed by atoms with Gasteiger partial charge in [-0.3, -0.25) is 9.80 Å². The summed E-state index contributed by atoms with van der Waals surface area (Å²) in [6, 6.07) is 19.6. The van der Waals surface area contributed by atoms with E-state index in [1.807, 2.05) is 36.4 Å². The Balaban J connectivity index is 1.33. The van der Waals surface area contributed by atoms with Crippen LogP contribution in [0.4, 0.5) is 4.79 Å². The second-order valence-electron chi connectivity index (χ2n) is 17.4. The lowest BCUT2D eigenvalue weighted by Gasteiger charge is -2.60. The molecular formula is C50H64ClN3O9. The quantitative estimate of drug-likeness (QED) is 0.0333. The molecule has 2 N–H and O–H groups in total. The Morgan fingerprint density at radius 3 is 2.62 bits per heavy atom. The fourth-order valence-corrected chi connectivity index (χ4v) is 10.4. The Labute approximate surface area is 376 Å². The van der Waals surface area contributed by atoms with Gasteiger partial charge in [0.25, 0.3) is 0 Å². The average molecular weight is 887 g/mol. The maximum atomic E-state index is 14.8. The number of hydrogen-bond acceptors (Lipinski definition) is 11. The van der Waals surface area contributed by atoms with E-state index in [0.717, 1.165) is 97.8 Å². The van der Waals surface area contributed by atoms with Crippen LogP contribution in [0.25, 0.3) is 10.8 Å². The summed E-state index contributed by atoms with van der Waals surface area (Å²) in [6.07, 6.45) is 10.6. The molecule has 3 fully saturated rings. The first-order chi connectivity index (χ1) is 31.0. The summed E-state index contributed by atoms with van der Waals surface area (Å²) < 4.78 is 33.1. The number of halogens is 1. The Morgan fingerprint density at radius 2 is 1.84 bits per heavy atom. The van der Waals surface area contributed by atoms with Crippen molar-refractivity contribution in [2.45, 2.75) is 94.8 Å². The van der Waals surface area contributed by atoms with Crippen molar-refractivity contribution in [1.29, 1.82) is 0 Å². The predicted octanol–water partition coefficient (Wildman–Crippen LogP) is 8.57. The van der Waals surface area contributed by atoms with Crippen LogP contribution in [-0.2, 0) is 25.6 Å². The highest BCUT2D eigenvalue weighted by Crippen LogP contribution is 2.62. The van der Waals surface area contributed by atoms with Crippen molar-refractivity contribution in [3.63, 3.8) is 0 Å². The van der Waals surface area contributed by atoms with Gasteiger partial charge in [-0.2, -0.15) is 0 Å². The highest BCUT2D eigenvalue weighted by Gasteiger charge is 2.66. The van der Waals surface area contributed by atoms with Crippen molar-refractivity contribution < 1.29 is 43.5 Å². The van der Waals surface area contributed by atoms with Crippen molar-refractivity contribution >= 4 is 34.2 Å². The molecule has 2 saturated heterocycles. The first-order valence-electron chi connectivity index (χ1n) is 23.1. The van der Waals surface area contributed by atoms with Gasteiger partial charge in [-0.05, 0) is 90.5 Å². The Bertz CT molecular complexity index is 2070. The molecule has 3 aliphatic heterocycles. The molecule has 7 atom stereocenters. The number of carbonyl (C=O) groups excluding carboxylic acids is 1. The molecule has 5 aliphatic rings. The zero-order chi connectivity index (χ0) is 43.6. The molecule has 0 radical (unpaired) electrons. The lowest BCUT2D eigenvalue weighted by Crippen LogP contribution is -2.70. The third kappa shape index (κ3) is 10.4. The van der Waals surface area contributed by atoms with Crippen LogP contribution in [-0.4, -0.2) is 115 Å². The summed E-state index contributed by atoms with van der Waals surface area (Å²) in [7, 11) is 0. The van der Waals surface area contributed by atoms with Crippen LogP contribution >= 0.6 is 11.6 Å². The number of amides is 1. The molecule has 2 aliphatic carbocycles. The van der Waals surface area contributed by atoms with Gasteiger partial charge in [0.15, 0.2) is 0 Å². The van der Waals surface area contributed by atoms with Gasteiger partial charge in [-0.15, -0.1) is 18.2 Å². The van der Waals surface area contributed by atoms with Crippen molar-refractivity contribution in [1.82, 2.24) is 9.80 Å². The summed E-state index contributed by atoms with van der Waals surface area (Å²) >= 11 is 6.18. The van der Waals surface area contributed by atoms with Crippen LogP contribution < -0.4 is 9.47 Å². The zero-order valence-electron chi connectivity index (χ0n) is 36.4. The smallest absolute Gasteiger partial charge is 0.410 e. The number of carbonyl (C=O) groups is 1. The monoisotopic (exact) mass is 885 g/mol. The maximum Gasteiger partial charge on any atom is 0.410 e. The number of aliphatic hydroxyl groups excluding tert-OH is 2. The van der Waals surface area contributed by atoms with E-state index in [9.17, 15) is 15.0 Å². The minimum Gasteiger partial charge on any atom is -0.492 e. The third-order valence-electron chi connectivity index (χ3n) is 13.4. The molecule has 0 spiro atoms. The van der Waals surface area contributed by atoms with Crippen molar-refractivity contribution in [3.05, 3.63) is 96.1 Å². The number of ether oxygens (including phenoxy) is 5. The fourth-order valence-electron chi connectivity index (χ4n) is 10.4. The van der Waals surface area contributed by atoms with Crippen molar-refractivity contribution in [2.24, 2.45) is 22.9 Å². The van der Waals surface area contributed by atoms with Crippen LogP contribution in [0, 0.1) is 17.8 Å². The van der Waals surface area contributed by atoms with E-state index in [1.54, 1.807) is 11.0 Å². The predicted molar refractivity (Wildman–Crippen MR) is 243 cm³/mol. The minimum absolute atomic E-state index is 0.0205. The first kappa shape index (κ1) is 45.4. The molecule has 1 saturated carbocycles. The van der Waals surface area contributed by atoms with E-state index in [-0.39, 0.29) is 63.0 Å². The molecule has 63 heavy (non-hydrogen) atoms. The number of unbranched alkanes of at least 4 members (excludes halogenated alkanes) is 2. The Kier molecular flexibility index (Phi) is 15.6. The molecular weight excluding hydrogens is 822 g/mol. The van der Waals surface area contributed by atoms with E-state index in [1.165, 1.54) is 0 Å². The summed E-state index contributed by atoms with van der Waals surface area (Å²) in [4.78, 5) is 25.2. The number of alkyl halides is 1. The summed E-state index contributed by atoms with van der Waals surface area (Å²) in [5.74, 6) is -0.386. The summed E-state index contributed by atoms with van der Waals surface area (Å²) in [5.41, 5.74) is 3.61. The van der Waals surface area contributed by atoms with Crippen LogP contribution in [0.15, 0.2) is 90.1 Å². The van der Waals surface area contributed by atoms with Gasteiger partial charge in [0.05, 0.1) is 37.3 Å². The van der Waals surface area contributed by atoms with Crippen LogP contribution in [0.2, 0.25) is 0 Å². The van der Waals surface area contributed by atoms with Gasteiger partial charge >= 0.3 is 6.09 Å². The summed E-state index contributed by atoms with van der Waals surface area (Å²) in [5, 5.41) is 27.1. The number of hydrogen-bond donors (Lipinski definition) is 2. The van der Waals surface area contributed by atoms with Gasteiger partial charge in [-0.1, -0.05) is 72.6 Å². The van der Waals surface area contributed by atoms with Crippen LogP contribution in [0.3, 0.4) is 0 Å². The van der Waals surface area contributed by atoms with Gasteiger partial charge in [-0.25, -0.2) is 4.79 Å². The van der Waals surface area contributed by atoms with E-state index >= 15 is 0 Å². The van der Waals surface area contributed by atoms with Crippen LogP contribution in [0.1, 0.15) is 81.3 Å². The van der Waals surface area contributed by atoms with Gasteiger partial charge in [0.2, 0.25) is 12.1 Å². The third-order valence-corrected chi connectivity index (χ3v) is 13.6. The average Bonchev–Trinajstić information content (AvgIpc) is 4.15. The molecule has 3 aromatic rings. The van der Waals surface area contributed by atoms with Gasteiger partial charge in [0, 0.05) is 57.2 Å². The molecule has 8 rings (SSSR count). The molecule has 3 heterocycles. The Hall–Kier alpha value is -4.17. The lowest BCUT2D eigenvalue weighted by molar-refractivity contribution is -0.256. The molecule has 340 valence electrons. The highest BCUT2D eigenvalue weighted by molar-refractivity contribution is 6.18. The number of rotatable bonds is 22. The number of aliphatic hydroxyl groups is 2. The van der Waals surface area contributed by atoms with Crippen molar-refractivity contribution in [3.8, 4) is 11.5 Å². The number of benzene rings is 3. The number of nitrogens with zero attached hydrogens (tertiary/aromatic N) is 3. The minimum atomic E-state index is -1.45. The lowest BCUT2D eigenvalue weighted by atomic mass is 9.55. The molecule has 13 heteroatoms. The molecule has 0 bridgehead atoms. The van der Waals surface area contributed by atoms with Gasteiger partial charge in [0.1, 0.15) is 30.8 Å². The summed E-state index contributed by atoms with van der Waals surface area (Å²) in [6.45, 7) is 8.88. The molecule has 1 amide bonds. The number of allylic oxidation sites excluding steroid dienone is 1. The van der Waals surface area contributed by atoms with E-state index < -0.39 is 30.1 Å². The molecule has 3 aromatic carbocycles. The van der Waals surface area contributed by atoms with E-state index in [4.69, 9.17) is 45.3 Å². The fraction of sp³-hybridized carbons (Fsp3) is 0.560. The molecule has 12 nitrogen and oxygen atoms in total. The maximum absolute atomic E-state index is 14.8. The number of fused-ring (bicyclic) bond motifs is 3. The van der Waals surface area contributed by atoms with Crippen molar-refractivity contribution in [2.75, 3.05) is 65.2 Å². The second kappa shape index (κ2) is 21.7. The number of oxime groups is 1.